The molecular weight excluding hydrogens is 386 g/mol. The van der Waals surface area contributed by atoms with Gasteiger partial charge in [0, 0.05) is 42.1 Å². The Morgan fingerprint density at radius 3 is 2.58 bits per heavy atom. The summed E-state index contributed by atoms with van der Waals surface area (Å²) >= 11 is 0. The first-order chi connectivity index (χ1) is 14.7. The zero-order valence-corrected chi connectivity index (χ0v) is 19.4. The first-order valence-electron chi connectivity index (χ1n) is 11.8. The highest BCUT2D eigenvalue weighted by atomic mass is 16.3. The summed E-state index contributed by atoms with van der Waals surface area (Å²) < 4.78 is 0. The molecule has 1 aromatic carbocycles. The van der Waals surface area contributed by atoms with Gasteiger partial charge in [-0.15, -0.1) is 0 Å². The van der Waals surface area contributed by atoms with Crippen LogP contribution in [0.3, 0.4) is 0 Å². The number of benzene rings is 1. The van der Waals surface area contributed by atoms with Crippen molar-refractivity contribution in [1.82, 2.24) is 15.2 Å². The highest BCUT2D eigenvalue weighted by Gasteiger charge is 2.63. The molecule has 5 heteroatoms. The highest BCUT2D eigenvalue weighted by Crippen LogP contribution is 2.55. The van der Waals surface area contributed by atoms with E-state index in [1.807, 2.05) is 11.8 Å². The van der Waals surface area contributed by atoms with Crippen molar-refractivity contribution < 1.29 is 9.90 Å². The first kappa shape index (κ1) is 20.8. The second kappa shape index (κ2) is 6.94. The normalized spacial score (nSPS) is 28.8. The number of aromatic nitrogens is 1. The number of hydrogen-bond acceptors (Lipinski definition) is 3. The Morgan fingerprint density at radius 2 is 1.87 bits per heavy atom. The van der Waals surface area contributed by atoms with Crippen LogP contribution in [0.1, 0.15) is 72.6 Å². The molecule has 5 nitrogen and oxygen atoms in total. The van der Waals surface area contributed by atoms with Gasteiger partial charge in [0.05, 0.1) is 5.60 Å². The lowest BCUT2D eigenvalue weighted by Crippen LogP contribution is -2.73. The van der Waals surface area contributed by atoms with Gasteiger partial charge in [0.1, 0.15) is 5.69 Å². The van der Waals surface area contributed by atoms with E-state index < -0.39 is 5.60 Å². The van der Waals surface area contributed by atoms with E-state index in [2.05, 4.69) is 62.3 Å². The monoisotopic (exact) mass is 421 g/mol. The van der Waals surface area contributed by atoms with Gasteiger partial charge in [0.15, 0.2) is 0 Å². The number of piperidine rings is 1. The molecule has 3 N–H and O–H groups in total. The molecule has 0 saturated carbocycles. The molecule has 2 heterocycles. The van der Waals surface area contributed by atoms with Crippen LogP contribution in [0.15, 0.2) is 24.3 Å². The molecule has 3 atom stereocenters. The summed E-state index contributed by atoms with van der Waals surface area (Å²) in [5.74, 6) is 0.0610. The fraction of sp³-hybridized carbons (Fsp3) is 0.577. The maximum absolute atomic E-state index is 13.5. The molecule has 2 bridgehead atoms. The van der Waals surface area contributed by atoms with Crippen LogP contribution < -0.4 is 5.32 Å². The van der Waals surface area contributed by atoms with Crippen LogP contribution >= 0.6 is 0 Å². The Hall–Kier alpha value is -2.11. The van der Waals surface area contributed by atoms with Crippen molar-refractivity contribution in [3.63, 3.8) is 0 Å². The quantitative estimate of drug-likeness (QED) is 0.713. The average Bonchev–Trinajstić information content (AvgIpc) is 3.00. The summed E-state index contributed by atoms with van der Waals surface area (Å²) in [6, 6.07) is 8.94. The summed E-state index contributed by atoms with van der Waals surface area (Å²) in [7, 11) is 0. The lowest BCUT2D eigenvalue weighted by atomic mass is 9.50. The Bertz CT molecular complexity index is 1030. The van der Waals surface area contributed by atoms with Gasteiger partial charge in [0.2, 0.25) is 0 Å². The predicted octanol–water partition coefficient (Wildman–Crippen LogP) is 3.27. The number of carbonyl (C=O) groups is 1. The van der Waals surface area contributed by atoms with Gasteiger partial charge in [-0.1, -0.05) is 24.3 Å². The van der Waals surface area contributed by atoms with Gasteiger partial charge < -0.3 is 20.3 Å². The third kappa shape index (κ3) is 2.72. The second-order valence-corrected chi connectivity index (χ2v) is 10.5. The number of nitrogens with one attached hydrogen (secondary N) is 2. The minimum absolute atomic E-state index is 0.0422. The number of fused-ring (bicyclic) bond motifs is 2. The number of nitrogens with zero attached hydrogens (tertiary/aromatic N) is 1. The molecule has 166 valence electrons. The van der Waals surface area contributed by atoms with Gasteiger partial charge in [-0.2, -0.15) is 0 Å². The van der Waals surface area contributed by atoms with E-state index in [1.54, 1.807) is 0 Å². The molecule has 1 aromatic heterocycles. The number of carbonyl (C=O) groups excluding carboxylic acids is 1. The van der Waals surface area contributed by atoms with E-state index >= 15 is 0 Å². The Morgan fingerprint density at radius 1 is 1.16 bits per heavy atom. The van der Waals surface area contributed by atoms with Crippen LogP contribution in [-0.4, -0.2) is 51.2 Å². The predicted molar refractivity (Wildman–Crippen MR) is 123 cm³/mol. The van der Waals surface area contributed by atoms with Crippen molar-refractivity contribution >= 4 is 5.91 Å². The SMILES string of the molecule is Cc1c(C(=O)N(C(C)C)C(C)C)[nH]c2c1C[C@@]1(O)[C@@H]3Cc4ccccc4[C@@]1(CCN3)C2. The minimum Gasteiger partial charge on any atom is -0.387 e. The minimum atomic E-state index is -0.838. The van der Waals surface area contributed by atoms with Gasteiger partial charge in [-0.3, -0.25) is 4.79 Å². The molecule has 2 aliphatic carbocycles. The summed E-state index contributed by atoms with van der Waals surface area (Å²) in [5.41, 5.74) is 5.48. The van der Waals surface area contributed by atoms with E-state index in [0.29, 0.717) is 12.1 Å². The summed E-state index contributed by atoms with van der Waals surface area (Å²) in [4.78, 5) is 19.0. The van der Waals surface area contributed by atoms with Crippen molar-refractivity contribution in [2.45, 2.75) is 89.4 Å². The maximum atomic E-state index is 13.5. The molecule has 0 radical (unpaired) electrons. The fourth-order valence-corrected chi connectivity index (χ4v) is 6.87. The van der Waals surface area contributed by atoms with Crippen LogP contribution in [0.2, 0.25) is 0 Å². The second-order valence-electron chi connectivity index (χ2n) is 10.5. The number of aliphatic hydroxyl groups is 1. The summed E-state index contributed by atoms with van der Waals surface area (Å²) in [6.45, 7) is 11.2. The lowest BCUT2D eigenvalue weighted by molar-refractivity contribution is -0.106. The van der Waals surface area contributed by atoms with E-state index in [9.17, 15) is 9.90 Å². The number of amides is 1. The van der Waals surface area contributed by atoms with E-state index in [1.165, 1.54) is 11.1 Å². The maximum Gasteiger partial charge on any atom is 0.271 e. The van der Waals surface area contributed by atoms with Crippen molar-refractivity contribution in [3.8, 4) is 0 Å². The van der Waals surface area contributed by atoms with Gasteiger partial charge in [-0.25, -0.2) is 0 Å². The molecule has 0 unspecified atom stereocenters. The summed E-state index contributed by atoms with van der Waals surface area (Å²) in [6.07, 6.45) is 3.11. The number of rotatable bonds is 3. The van der Waals surface area contributed by atoms with Crippen molar-refractivity contribution in [2.24, 2.45) is 0 Å². The van der Waals surface area contributed by atoms with Crippen LogP contribution in [0.5, 0.6) is 0 Å². The highest BCUT2D eigenvalue weighted by molar-refractivity contribution is 5.95. The summed E-state index contributed by atoms with van der Waals surface area (Å²) in [5, 5.41) is 15.9. The number of aromatic amines is 1. The molecule has 2 aromatic rings. The first-order valence-corrected chi connectivity index (χ1v) is 11.8. The molecule has 1 amide bonds. The fourth-order valence-electron chi connectivity index (χ4n) is 6.87. The van der Waals surface area contributed by atoms with Crippen molar-refractivity contribution in [1.29, 1.82) is 0 Å². The largest absolute Gasteiger partial charge is 0.387 e. The molecule has 5 rings (SSSR count). The van der Waals surface area contributed by atoms with Gasteiger partial charge >= 0.3 is 0 Å². The standard InChI is InChI=1S/C26H35N3O2/c1-15(2)29(16(3)4)24(30)23-17(5)19-13-26(31)22-12-18-8-6-7-9-20(18)25(26,10-11-27-22)14-21(19)28-23/h6-9,15-16,22,27-28,31H,10-14H2,1-5H3/t22-,25+,26+/m0/s1. The Kier molecular flexibility index (Phi) is 4.65. The average molecular weight is 422 g/mol. The topological polar surface area (TPSA) is 68.4 Å². The molecule has 3 aliphatic rings. The Balaban J connectivity index is 1.63. The lowest BCUT2D eigenvalue weighted by Gasteiger charge is -2.60. The third-order valence-corrected chi connectivity index (χ3v) is 8.26. The molecule has 0 spiro atoms. The van der Waals surface area contributed by atoms with E-state index in [4.69, 9.17) is 0 Å². The van der Waals surface area contributed by atoms with Crippen molar-refractivity contribution in [3.05, 3.63) is 57.9 Å². The molecule has 1 fully saturated rings. The van der Waals surface area contributed by atoms with Crippen LogP contribution in [0, 0.1) is 6.92 Å². The molecular formula is C26H35N3O2. The van der Waals surface area contributed by atoms with Gasteiger partial charge in [-0.05, 0) is 76.3 Å². The Labute approximate surface area is 185 Å². The van der Waals surface area contributed by atoms with E-state index in [0.717, 1.165) is 42.6 Å². The van der Waals surface area contributed by atoms with Crippen molar-refractivity contribution in [2.75, 3.05) is 6.54 Å². The zero-order chi connectivity index (χ0) is 22.1. The molecule has 31 heavy (non-hydrogen) atoms. The van der Waals surface area contributed by atoms with Gasteiger partial charge in [0.25, 0.3) is 5.91 Å². The van der Waals surface area contributed by atoms with Crippen LogP contribution in [0.25, 0.3) is 0 Å². The van der Waals surface area contributed by atoms with Crippen LogP contribution in [0.4, 0.5) is 0 Å². The number of hydrogen-bond donors (Lipinski definition) is 3. The molecule has 1 saturated heterocycles. The van der Waals surface area contributed by atoms with E-state index in [-0.39, 0.29) is 29.4 Å². The third-order valence-electron chi connectivity index (χ3n) is 8.26. The smallest absolute Gasteiger partial charge is 0.271 e. The van der Waals surface area contributed by atoms with Crippen LogP contribution in [-0.2, 0) is 24.7 Å². The zero-order valence-electron chi connectivity index (χ0n) is 19.4. The number of H-pyrrole nitrogens is 1. The molecule has 1 aliphatic heterocycles.